The predicted molar refractivity (Wildman–Crippen MR) is 63.0 cm³/mol. The molecule has 0 saturated carbocycles. The summed E-state index contributed by atoms with van der Waals surface area (Å²) in [6, 6.07) is 7.45. The van der Waals surface area contributed by atoms with Crippen LogP contribution in [-0.4, -0.2) is 9.97 Å². The quantitative estimate of drug-likeness (QED) is 0.844. The predicted octanol–water partition coefficient (Wildman–Crippen LogP) is 3.47. The molecule has 2 aromatic rings. The van der Waals surface area contributed by atoms with Crippen molar-refractivity contribution in [3.8, 4) is 17.8 Å². The third-order valence-corrected chi connectivity index (χ3v) is 2.32. The second kappa shape index (κ2) is 5.17. The summed E-state index contributed by atoms with van der Waals surface area (Å²) in [6.07, 6.45) is -4.45. The molecule has 1 aromatic heterocycles. The molecule has 0 aliphatic heterocycles. The molecule has 0 saturated heterocycles. The molecule has 1 aromatic carbocycles. The Balaban J connectivity index is 2.31. The third kappa shape index (κ3) is 3.23. The number of rotatable bonds is 2. The number of nitrogens with zero attached hydrogens (tertiary/aromatic N) is 3. The Morgan fingerprint density at radius 1 is 1.20 bits per heavy atom. The highest BCUT2D eigenvalue weighted by Gasteiger charge is 2.30. The Morgan fingerprint density at radius 2 is 1.95 bits per heavy atom. The van der Waals surface area contributed by atoms with E-state index in [0.29, 0.717) is 5.69 Å². The van der Waals surface area contributed by atoms with Crippen molar-refractivity contribution in [2.75, 3.05) is 0 Å². The van der Waals surface area contributed by atoms with Gasteiger partial charge in [0.25, 0.3) is 0 Å². The highest BCUT2D eigenvalue weighted by Crippen LogP contribution is 2.32. The molecule has 0 atom stereocenters. The fourth-order valence-corrected chi connectivity index (χ4v) is 1.49. The first-order chi connectivity index (χ1) is 9.38. The van der Waals surface area contributed by atoms with Crippen LogP contribution in [0, 0.1) is 18.3 Å². The van der Waals surface area contributed by atoms with Crippen molar-refractivity contribution in [2.24, 2.45) is 0 Å². The highest BCUT2D eigenvalue weighted by molar-refractivity contribution is 5.33. The van der Waals surface area contributed by atoms with Crippen LogP contribution in [0.2, 0.25) is 0 Å². The van der Waals surface area contributed by atoms with Crippen molar-refractivity contribution in [3.05, 3.63) is 47.3 Å². The van der Waals surface area contributed by atoms with Gasteiger partial charge >= 0.3 is 12.2 Å². The summed E-state index contributed by atoms with van der Waals surface area (Å²) in [4.78, 5) is 7.67. The number of hydrogen-bond acceptors (Lipinski definition) is 4. The van der Waals surface area contributed by atoms with Gasteiger partial charge in [0.05, 0.1) is 5.56 Å². The first kappa shape index (κ1) is 13.8. The van der Waals surface area contributed by atoms with Gasteiger partial charge in [-0.2, -0.15) is 23.4 Å². The molecule has 7 heteroatoms. The molecule has 20 heavy (non-hydrogen) atoms. The van der Waals surface area contributed by atoms with Crippen molar-refractivity contribution >= 4 is 0 Å². The van der Waals surface area contributed by atoms with E-state index in [1.54, 1.807) is 6.92 Å². The average molecular weight is 279 g/mol. The molecular weight excluding hydrogens is 271 g/mol. The number of hydrogen-bond donors (Lipinski definition) is 0. The van der Waals surface area contributed by atoms with Crippen LogP contribution in [-0.2, 0) is 6.18 Å². The van der Waals surface area contributed by atoms with E-state index in [-0.39, 0.29) is 17.5 Å². The molecule has 0 radical (unpaired) electrons. The first-order valence-corrected chi connectivity index (χ1v) is 5.49. The van der Waals surface area contributed by atoms with Gasteiger partial charge in [0.15, 0.2) is 0 Å². The first-order valence-electron chi connectivity index (χ1n) is 5.49. The molecule has 0 amide bonds. The monoisotopic (exact) mass is 279 g/mol. The number of aromatic nitrogens is 2. The number of benzene rings is 1. The number of alkyl halides is 3. The largest absolute Gasteiger partial charge is 0.424 e. The zero-order valence-electron chi connectivity index (χ0n) is 10.3. The molecular formula is C13H8F3N3O. The Labute approximate surface area is 112 Å². The zero-order chi connectivity index (χ0) is 14.8. The fourth-order valence-electron chi connectivity index (χ4n) is 1.49. The standard InChI is InChI=1S/C13H8F3N3O/c1-8-5-10(7-17)19-12(18-8)20-11-4-2-3-9(6-11)13(14,15)16/h2-6H,1H3. The SMILES string of the molecule is Cc1cc(C#N)nc(Oc2cccc(C(F)(F)F)c2)n1. The number of halogens is 3. The lowest BCUT2D eigenvalue weighted by Crippen LogP contribution is -2.05. The van der Waals surface area contributed by atoms with Crippen LogP contribution in [0.4, 0.5) is 13.2 Å². The van der Waals surface area contributed by atoms with Crippen LogP contribution < -0.4 is 4.74 Å². The topological polar surface area (TPSA) is 58.8 Å². The van der Waals surface area contributed by atoms with Crippen molar-refractivity contribution in [3.63, 3.8) is 0 Å². The minimum Gasteiger partial charge on any atom is -0.424 e. The number of ether oxygens (including phenoxy) is 1. The summed E-state index contributed by atoms with van der Waals surface area (Å²) < 4.78 is 42.8. The van der Waals surface area contributed by atoms with Gasteiger partial charge in [-0.15, -0.1) is 0 Å². The summed E-state index contributed by atoms with van der Waals surface area (Å²) in [5.74, 6) is -0.0469. The van der Waals surface area contributed by atoms with Gasteiger partial charge in [0, 0.05) is 5.69 Å². The summed E-state index contributed by atoms with van der Waals surface area (Å²) in [7, 11) is 0. The van der Waals surface area contributed by atoms with Gasteiger partial charge in [0.1, 0.15) is 17.5 Å². The van der Waals surface area contributed by atoms with Gasteiger partial charge < -0.3 is 4.74 Å². The maximum atomic E-state index is 12.6. The fraction of sp³-hybridized carbons (Fsp3) is 0.154. The molecule has 4 nitrogen and oxygen atoms in total. The Bertz CT molecular complexity index is 677. The molecule has 2 rings (SSSR count). The van der Waals surface area contributed by atoms with Crippen LogP contribution in [0.15, 0.2) is 30.3 Å². The summed E-state index contributed by atoms with van der Waals surface area (Å²) in [5.41, 5.74) is -0.263. The summed E-state index contributed by atoms with van der Waals surface area (Å²) in [6.45, 7) is 1.63. The van der Waals surface area contributed by atoms with Crippen molar-refractivity contribution in [2.45, 2.75) is 13.1 Å². The van der Waals surface area contributed by atoms with E-state index in [1.165, 1.54) is 18.2 Å². The van der Waals surface area contributed by atoms with E-state index < -0.39 is 11.7 Å². The van der Waals surface area contributed by atoms with Crippen molar-refractivity contribution in [1.82, 2.24) is 9.97 Å². The smallest absolute Gasteiger partial charge is 0.416 e. The van der Waals surface area contributed by atoms with Crippen LogP contribution in [0.3, 0.4) is 0 Å². The van der Waals surface area contributed by atoms with E-state index in [1.807, 2.05) is 6.07 Å². The lowest BCUT2D eigenvalue weighted by molar-refractivity contribution is -0.137. The minimum absolute atomic E-state index is 0.0469. The van der Waals surface area contributed by atoms with E-state index in [0.717, 1.165) is 12.1 Å². The number of aryl methyl sites for hydroxylation is 1. The maximum absolute atomic E-state index is 12.6. The second-order valence-corrected chi connectivity index (χ2v) is 3.92. The molecule has 0 unspecified atom stereocenters. The molecule has 0 N–H and O–H groups in total. The Hall–Kier alpha value is -2.62. The van der Waals surface area contributed by atoms with Crippen LogP contribution in [0.1, 0.15) is 17.0 Å². The maximum Gasteiger partial charge on any atom is 0.416 e. The van der Waals surface area contributed by atoms with Gasteiger partial charge in [-0.1, -0.05) is 6.07 Å². The molecule has 0 aliphatic rings. The van der Waals surface area contributed by atoms with Crippen LogP contribution in [0.25, 0.3) is 0 Å². The second-order valence-electron chi connectivity index (χ2n) is 3.92. The van der Waals surface area contributed by atoms with Gasteiger partial charge in [-0.05, 0) is 31.2 Å². The summed E-state index contributed by atoms with van der Waals surface area (Å²) in [5, 5.41) is 8.76. The van der Waals surface area contributed by atoms with E-state index in [4.69, 9.17) is 10.00 Å². The van der Waals surface area contributed by atoms with Crippen molar-refractivity contribution < 1.29 is 17.9 Å². The number of nitriles is 1. The van der Waals surface area contributed by atoms with Crippen LogP contribution in [0.5, 0.6) is 11.8 Å². The Morgan fingerprint density at radius 3 is 2.60 bits per heavy atom. The molecule has 102 valence electrons. The zero-order valence-corrected chi connectivity index (χ0v) is 10.3. The molecule has 0 bridgehead atoms. The highest BCUT2D eigenvalue weighted by atomic mass is 19.4. The molecule has 1 heterocycles. The van der Waals surface area contributed by atoms with E-state index >= 15 is 0 Å². The minimum atomic E-state index is -4.45. The normalized spacial score (nSPS) is 10.9. The summed E-state index contributed by atoms with van der Waals surface area (Å²) >= 11 is 0. The molecule has 0 spiro atoms. The van der Waals surface area contributed by atoms with E-state index in [2.05, 4.69) is 9.97 Å². The lowest BCUT2D eigenvalue weighted by Gasteiger charge is -2.09. The average Bonchev–Trinajstić information content (AvgIpc) is 2.37. The molecule has 0 fully saturated rings. The lowest BCUT2D eigenvalue weighted by atomic mass is 10.2. The van der Waals surface area contributed by atoms with Crippen molar-refractivity contribution in [1.29, 1.82) is 5.26 Å². The van der Waals surface area contributed by atoms with Gasteiger partial charge in [0.2, 0.25) is 0 Å². The Kier molecular flexibility index (Phi) is 3.57. The van der Waals surface area contributed by atoms with Gasteiger partial charge in [-0.25, -0.2) is 4.98 Å². The van der Waals surface area contributed by atoms with E-state index in [9.17, 15) is 13.2 Å². The third-order valence-electron chi connectivity index (χ3n) is 2.32. The molecule has 0 aliphatic carbocycles. The van der Waals surface area contributed by atoms with Gasteiger partial charge in [-0.3, -0.25) is 0 Å². The van der Waals surface area contributed by atoms with Crippen LogP contribution >= 0.6 is 0 Å².